The van der Waals surface area contributed by atoms with Crippen LogP contribution in [0.15, 0.2) is 22.7 Å². The summed E-state index contributed by atoms with van der Waals surface area (Å²) in [5.41, 5.74) is 6.89. The van der Waals surface area contributed by atoms with E-state index < -0.39 is 11.9 Å². The zero-order chi connectivity index (χ0) is 16.0. The molecule has 0 radical (unpaired) electrons. The number of benzene rings is 1. The van der Waals surface area contributed by atoms with Crippen molar-refractivity contribution in [1.82, 2.24) is 0 Å². The molecule has 0 saturated heterocycles. The summed E-state index contributed by atoms with van der Waals surface area (Å²) < 4.78 is 9.92. The maximum absolute atomic E-state index is 11.5. The number of methoxy groups -OCH3 is 2. The Morgan fingerprint density at radius 1 is 1.24 bits per heavy atom. The van der Waals surface area contributed by atoms with Crippen LogP contribution in [0.25, 0.3) is 0 Å². The van der Waals surface area contributed by atoms with Gasteiger partial charge in [-0.25, -0.2) is 0 Å². The van der Waals surface area contributed by atoms with Crippen molar-refractivity contribution in [2.75, 3.05) is 32.2 Å². The van der Waals surface area contributed by atoms with Crippen molar-refractivity contribution in [3.63, 3.8) is 0 Å². The average molecular weight is 375 g/mol. The fourth-order valence-electron chi connectivity index (χ4n) is 1.58. The minimum atomic E-state index is -0.464. The number of carbonyl (C=O) groups is 2. The molecule has 6 nitrogen and oxygen atoms in total. The molecule has 0 spiro atoms. The summed E-state index contributed by atoms with van der Waals surface area (Å²) in [5.74, 6) is -0.929. The summed E-state index contributed by atoms with van der Waals surface area (Å²) >= 11 is 8.28. The van der Waals surface area contributed by atoms with Crippen LogP contribution < -0.4 is 10.6 Å². The molecule has 0 unspecified atom stereocenters. The largest absolute Gasteiger partial charge is 0.468 e. The third kappa shape index (κ3) is 4.98. The SMILES string of the molecule is COC(=O)CN(CC(=O)OC)c1ccc(C(N)=S)c(Br)c1. The van der Waals surface area contributed by atoms with E-state index in [1.54, 1.807) is 18.2 Å². The molecule has 0 heterocycles. The van der Waals surface area contributed by atoms with Crippen LogP contribution in [-0.2, 0) is 19.1 Å². The summed E-state index contributed by atoms with van der Waals surface area (Å²) in [5, 5.41) is 0. The maximum Gasteiger partial charge on any atom is 0.325 e. The summed E-state index contributed by atoms with van der Waals surface area (Å²) in [6.45, 7) is -0.158. The predicted molar refractivity (Wildman–Crippen MR) is 86.3 cm³/mol. The monoisotopic (exact) mass is 374 g/mol. The number of nitrogens with two attached hydrogens (primary N) is 1. The van der Waals surface area contributed by atoms with Gasteiger partial charge in [-0.15, -0.1) is 0 Å². The molecule has 0 aliphatic heterocycles. The molecule has 0 atom stereocenters. The first kappa shape index (κ1) is 17.4. The van der Waals surface area contributed by atoms with Gasteiger partial charge in [0.1, 0.15) is 18.1 Å². The third-order valence-electron chi connectivity index (χ3n) is 2.68. The van der Waals surface area contributed by atoms with E-state index in [9.17, 15) is 9.59 Å². The van der Waals surface area contributed by atoms with Gasteiger partial charge < -0.3 is 20.1 Å². The Bertz CT molecular complexity index is 547. The van der Waals surface area contributed by atoms with E-state index in [1.807, 2.05) is 0 Å². The number of hydrogen-bond acceptors (Lipinski definition) is 6. The summed E-state index contributed by atoms with van der Waals surface area (Å²) in [4.78, 5) is 24.7. The van der Waals surface area contributed by atoms with Gasteiger partial charge in [-0.2, -0.15) is 0 Å². The van der Waals surface area contributed by atoms with E-state index in [-0.39, 0.29) is 18.1 Å². The Morgan fingerprint density at radius 2 is 1.76 bits per heavy atom. The lowest BCUT2D eigenvalue weighted by atomic mass is 10.2. The van der Waals surface area contributed by atoms with Crippen LogP contribution in [-0.4, -0.2) is 44.2 Å². The summed E-state index contributed by atoms with van der Waals surface area (Å²) in [7, 11) is 2.56. The van der Waals surface area contributed by atoms with Crippen LogP contribution in [0.4, 0.5) is 5.69 Å². The number of halogens is 1. The van der Waals surface area contributed by atoms with E-state index >= 15 is 0 Å². The first-order valence-corrected chi connectivity index (χ1v) is 7.07. The maximum atomic E-state index is 11.5. The van der Waals surface area contributed by atoms with E-state index in [1.165, 1.54) is 19.1 Å². The first-order chi connectivity index (χ1) is 9.88. The molecule has 114 valence electrons. The third-order valence-corrected chi connectivity index (χ3v) is 3.55. The Balaban J connectivity index is 3.07. The topological polar surface area (TPSA) is 81.9 Å². The van der Waals surface area contributed by atoms with E-state index in [0.29, 0.717) is 15.7 Å². The molecule has 0 saturated carbocycles. The zero-order valence-corrected chi connectivity index (χ0v) is 14.0. The molecular formula is C13H15BrN2O4S. The Hall–Kier alpha value is -1.67. The summed E-state index contributed by atoms with van der Waals surface area (Å²) in [6.07, 6.45) is 0. The van der Waals surface area contributed by atoms with Crippen molar-refractivity contribution in [3.05, 3.63) is 28.2 Å². The number of nitrogens with zero attached hydrogens (tertiary/aromatic N) is 1. The average Bonchev–Trinajstić information content (AvgIpc) is 2.45. The van der Waals surface area contributed by atoms with Gasteiger partial charge in [-0.1, -0.05) is 12.2 Å². The Kier molecular flexibility index (Phi) is 6.57. The number of esters is 2. The molecule has 0 amide bonds. The quantitative estimate of drug-likeness (QED) is 0.592. The van der Waals surface area contributed by atoms with Crippen molar-refractivity contribution in [1.29, 1.82) is 0 Å². The molecule has 1 aromatic rings. The van der Waals surface area contributed by atoms with Crippen molar-refractivity contribution < 1.29 is 19.1 Å². The highest BCUT2D eigenvalue weighted by molar-refractivity contribution is 9.10. The lowest BCUT2D eigenvalue weighted by molar-refractivity contribution is -0.140. The van der Waals surface area contributed by atoms with Crippen LogP contribution in [0.5, 0.6) is 0 Å². The molecule has 0 bridgehead atoms. The van der Waals surface area contributed by atoms with Crippen molar-refractivity contribution in [2.24, 2.45) is 5.73 Å². The standard InChI is InChI=1S/C13H15BrN2O4S/c1-19-11(17)6-16(7-12(18)20-2)8-3-4-9(13(15)21)10(14)5-8/h3-5H,6-7H2,1-2H3,(H2,15,21). The number of thiocarbonyl (C=S) groups is 1. The molecule has 0 aliphatic carbocycles. The van der Waals surface area contributed by atoms with Gasteiger partial charge >= 0.3 is 11.9 Å². The Morgan fingerprint density at radius 3 is 2.14 bits per heavy atom. The van der Waals surface area contributed by atoms with E-state index in [2.05, 4.69) is 25.4 Å². The van der Waals surface area contributed by atoms with Crippen molar-refractivity contribution in [3.8, 4) is 0 Å². The molecular weight excluding hydrogens is 360 g/mol. The molecule has 2 N–H and O–H groups in total. The van der Waals surface area contributed by atoms with Crippen LogP contribution in [0.1, 0.15) is 5.56 Å². The zero-order valence-electron chi connectivity index (χ0n) is 11.6. The smallest absolute Gasteiger partial charge is 0.325 e. The Labute approximate surface area is 136 Å². The van der Waals surface area contributed by atoms with Crippen molar-refractivity contribution >= 4 is 50.8 Å². The first-order valence-electron chi connectivity index (χ1n) is 5.87. The highest BCUT2D eigenvalue weighted by Crippen LogP contribution is 2.24. The molecule has 0 fully saturated rings. The highest BCUT2D eigenvalue weighted by Gasteiger charge is 2.17. The van der Waals surface area contributed by atoms with Gasteiger partial charge in [0, 0.05) is 15.7 Å². The molecule has 0 aromatic heterocycles. The van der Waals surface area contributed by atoms with Gasteiger partial charge in [-0.3, -0.25) is 9.59 Å². The highest BCUT2D eigenvalue weighted by atomic mass is 79.9. The molecule has 8 heteroatoms. The van der Waals surface area contributed by atoms with Crippen LogP contribution in [0.2, 0.25) is 0 Å². The van der Waals surface area contributed by atoms with E-state index in [4.69, 9.17) is 18.0 Å². The summed E-state index contributed by atoms with van der Waals surface area (Å²) in [6, 6.07) is 5.15. The predicted octanol–water partition coefficient (Wildman–Crippen LogP) is 1.24. The number of hydrogen-bond donors (Lipinski definition) is 1. The number of rotatable bonds is 6. The second-order valence-electron chi connectivity index (χ2n) is 4.04. The van der Waals surface area contributed by atoms with Gasteiger partial charge in [0.25, 0.3) is 0 Å². The number of carbonyl (C=O) groups excluding carboxylic acids is 2. The fraction of sp³-hybridized carbons (Fsp3) is 0.308. The number of anilines is 1. The van der Waals surface area contributed by atoms with Crippen molar-refractivity contribution in [2.45, 2.75) is 0 Å². The minimum absolute atomic E-state index is 0.0789. The second kappa shape index (κ2) is 7.94. The van der Waals surface area contributed by atoms with E-state index in [0.717, 1.165) is 0 Å². The molecule has 1 aromatic carbocycles. The number of ether oxygens (including phenoxy) is 2. The van der Waals surface area contributed by atoms with Gasteiger partial charge in [0.2, 0.25) is 0 Å². The molecule has 1 rings (SSSR count). The van der Waals surface area contributed by atoms with Gasteiger partial charge in [0.15, 0.2) is 0 Å². The van der Waals surface area contributed by atoms with Crippen LogP contribution >= 0.6 is 28.1 Å². The normalized spacial score (nSPS) is 9.86. The molecule has 0 aliphatic rings. The second-order valence-corrected chi connectivity index (χ2v) is 5.33. The molecule has 21 heavy (non-hydrogen) atoms. The minimum Gasteiger partial charge on any atom is -0.468 e. The van der Waals surface area contributed by atoms with Gasteiger partial charge in [0.05, 0.1) is 14.2 Å². The van der Waals surface area contributed by atoms with Crippen LogP contribution in [0, 0.1) is 0 Å². The van der Waals surface area contributed by atoms with Crippen LogP contribution in [0.3, 0.4) is 0 Å². The fourth-order valence-corrected chi connectivity index (χ4v) is 2.47. The lowest BCUT2D eigenvalue weighted by Crippen LogP contribution is -2.35. The van der Waals surface area contributed by atoms with Gasteiger partial charge in [-0.05, 0) is 34.1 Å². The lowest BCUT2D eigenvalue weighted by Gasteiger charge is -2.22.